The summed E-state index contributed by atoms with van der Waals surface area (Å²) in [6.45, 7) is 7.37. The SMILES string of the molecule is CCCNC(Cc1cncc(Br)c1)c1sc(C)nc1C. The minimum atomic E-state index is 0.317. The Hall–Kier alpha value is -0.780. The van der Waals surface area contributed by atoms with E-state index in [0.29, 0.717) is 6.04 Å². The van der Waals surface area contributed by atoms with Gasteiger partial charge in [0.1, 0.15) is 0 Å². The lowest BCUT2D eigenvalue weighted by molar-refractivity contribution is 0.533. The molecule has 0 aromatic carbocycles. The molecule has 0 spiro atoms. The number of nitrogens with one attached hydrogen (secondary N) is 1. The summed E-state index contributed by atoms with van der Waals surface area (Å²) < 4.78 is 1.03. The molecule has 2 rings (SSSR count). The molecule has 0 fully saturated rings. The van der Waals surface area contributed by atoms with E-state index in [1.54, 1.807) is 11.3 Å². The summed E-state index contributed by atoms with van der Waals surface area (Å²) >= 11 is 5.28. The third-order valence-corrected chi connectivity index (χ3v) is 4.72. The van der Waals surface area contributed by atoms with Crippen LogP contribution in [0.3, 0.4) is 0 Å². The van der Waals surface area contributed by atoms with Crippen LogP contribution in [0, 0.1) is 13.8 Å². The van der Waals surface area contributed by atoms with Crippen LogP contribution in [-0.4, -0.2) is 16.5 Å². The molecule has 0 aliphatic carbocycles. The summed E-state index contributed by atoms with van der Waals surface area (Å²) in [4.78, 5) is 10.1. The van der Waals surface area contributed by atoms with Crippen molar-refractivity contribution in [3.05, 3.63) is 44.1 Å². The second-order valence-corrected chi connectivity index (χ2v) is 7.06. The Kier molecular flexibility index (Phi) is 5.69. The topological polar surface area (TPSA) is 37.8 Å². The van der Waals surface area contributed by atoms with Crippen molar-refractivity contribution in [3.63, 3.8) is 0 Å². The molecule has 0 saturated heterocycles. The Labute approximate surface area is 133 Å². The number of aromatic nitrogens is 2. The average molecular weight is 354 g/mol. The maximum absolute atomic E-state index is 4.55. The van der Waals surface area contributed by atoms with Crippen molar-refractivity contribution in [1.82, 2.24) is 15.3 Å². The van der Waals surface area contributed by atoms with Gasteiger partial charge < -0.3 is 5.32 Å². The molecule has 108 valence electrons. The zero-order valence-corrected chi connectivity index (χ0v) is 14.5. The third kappa shape index (κ3) is 4.11. The lowest BCUT2D eigenvalue weighted by Crippen LogP contribution is -2.24. The fourth-order valence-electron chi connectivity index (χ4n) is 2.25. The summed E-state index contributed by atoms with van der Waals surface area (Å²) in [6, 6.07) is 2.45. The largest absolute Gasteiger partial charge is 0.309 e. The second kappa shape index (κ2) is 7.29. The van der Waals surface area contributed by atoms with Gasteiger partial charge in [-0.05, 0) is 60.8 Å². The number of pyridine rings is 1. The van der Waals surface area contributed by atoms with Gasteiger partial charge in [0.05, 0.1) is 10.7 Å². The summed E-state index contributed by atoms with van der Waals surface area (Å²) in [6.07, 6.45) is 5.83. The highest BCUT2D eigenvalue weighted by atomic mass is 79.9. The predicted molar refractivity (Wildman–Crippen MR) is 88.3 cm³/mol. The summed E-state index contributed by atoms with van der Waals surface area (Å²) in [7, 11) is 0. The first-order chi connectivity index (χ1) is 9.60. The standard InChI is InChI=1S/C15H20BrN3S/c1-4-5-18-14(15-10(2)19-11(3)20-15)7-12-6-13(16)9-17-8-12/h6,8-9,14,18H,4-5,7H2,1-3H3. The highest BCUT2D eigenvalue weighted by Gasteiger charge is 2.17. The molecule has 0 radical (unpaired) electrons. The Morgan fingerprint density at radius 2 is 2.15 bits per heavy atom. The van der Waals surface area contributed by atoms with E-state index in [1.807, 2.05) is 12.4 Å². The van der Waals surface area contributed by atoms with Crippen molar-refractivity contribution in [1.29, 1.82) is 0 Å². The van der Waals surface area contributed by atoms with Gasteiger partial charge in [-0.25, -0.2) is 4.98 Å². The molecule has 20 heavy (non-hydrogen) atoms. The molecule has 2 aromatic heterocycles. The van der Waals surface area contributed by atoms with Gasteiger partial charge in [-0.15, -0.1) is 11.3 Å². The molecule has 0 bridgehead atoms. The first-order valence-electron chi connectivity index (χ1n) is 6.87. The summed E-state index contributed by atoms with van der Waals surface area (Å²) in [5.41, 5.74) is 2.38. The maximum atomic E-state index is 4.55. The molecular formula is C15H20BrN3S. The van der Waals surface area contributed by atoms with Gasteiger partial charge in [0.15, 0.2) is 0 Å². The molecule has 0 aliphatic rings. The quantitative estimate of drug-likeness (QED) is 0.845. The first-order valence-corrected chi connectivity index (χ1v) is 8.47. The normalized spacial score (nSPS) is 12.6. The molecule has 2 heterocycles. The Balaban J connectivity index is 2.21. The lowest BCUT2D eigenvalue weighted by Gasteiger charge is -2.18. The van der Waals surface area contributed by atoms with Crippen molar-refractivity contribution in [3.8, 4) is 0 Å². The van der Waals surface area contributed by atoms with Crippen molar-refractivity contribution < 1.29 is 0 Å². The van der Waals surface area contributed by atoms with Crippen molar-refractivity contribution in [2.75, 3.05) is 6.54 Å². The Morgan fingerprint density at radius 3 is 2.75 bits per heavy atom. The molecule has 0 aliphatic heterocycles. The van der Waals surface area contributed by atoms with E-state index >= 15 is 0 Å². The van der Waals surface area contributed by atoms with Gasteiger partial charge in [0.25, 0.3) is 0 Å². The van der Waals surface area contributed by atoms with E-state index in [2.05, 4.69) is 58.1 Å². The van der Waals surface area contributed by atoms with Crippen LogP contribution in [0.25, 0.3) is 0 Å². The number of rotatable bonds is 6. The number of halogens is 1. The monoisotopic (exact) mass is 353 g/mol. The van der Waals surface area contributed by atoms with Crippen LogP contribution < -0.4 is 5.32 Å². The van der Waals surface area contributed by atoms with Crippen LogP contribution in [0.15, 0.2) is 22.9 Å². The molecular weight excluding hydrogens is 334 g/mol. The highest BCUT2D eigenvalue weighted by molar-refractivity contribution is 9.10. The smallest absolute Gasteiger partial charge is 0.0900 e. The van der Waals surface area contributed by atoms with Gasteiger partial charge >= 0.3 is 0 Å². The van der Waals surface area contributed by atoms with Gasteiger partial charge in [-0.3, -0.25) is 4.98 Å². The lowest BCUT2D eigenvalue weighted by atomic mass is 10.1. The average Bonchev–Trinajstić information content (AvgIpc) is 2.73. The van der Waals surface area contributed by atoms with Crippen molar-refractivity contribution >= 4 is 27.3 Å². The van der Waals surface area contributed by atoms with E-state index < -0.39 is 0 Å². The minimum Gasteiger partial charge on any atom is -0.309 e. The number of hydrogen-bond donors (Lipinski definition) is 1. The molecule has 2 aromatic rings. The number of thiazole rings is 1. The maximum Gasteiger partial charge on any atom is 0.0900 e. The Bertz CT molecular complexity index is 568. The van der Waals surface area contributed by atoms with Crippen LogP contribution in [0.2, 0.25) is 0 Å². The molecule has 0 amide bonds. The minimum absolute atomic E-state index is 0.317. The fraction of sp³-hybridized carbons (Fsp3) is 0.467. The first kappa shape index (κ1) is 15.6. The van der Waals surface area contributed by atoms with Crippen LogP contribution in [0.4, 0.5) is 0 Å². The number of nitrogens with zero attached hydrogens (tertiary/aromatic N) is 2. The van der Waals surface area contributed by atoms with E-state index in [4.69, 9.17) is 0 Å². The molecule has 1 atom stereocenters. The van der Waals surface area contributed by atoms with Crippen LogP contribution in [0.5, 0.6) is 0 Å². The summed E-state index contributed by atoms with van der Waals surface area (Å²) in [5.74, 6) is 0. The zero-order chi connectivity index (χ0) is 14.5. The zero-order valence-electron chi connectivity index (χ0n) is 12.1. The number of aryl methyl sites for hydroxylation is 2. The molecule has 1 N–H and O–H groups in total. The van der Waals surface area contributed by atoms with Gasteiger partial charge in [0.2, 0.25) is 0 Å². The van der Waals surface area contributed by atoms with E-state index in [0.717, 1.165) is 34.6 Å². The van der Waals surface area contributed by atoms with E-state index in [9.17, 15) is 0 Å². The highest BCUT2D eigenvalue weighted by Crippen LogP contribution is 2.28. The second-order valence-electron chi connectivity index (χ2n) is 4.90. The van der Waals surface area contributed by atoms with Crippen molar-refractivity contribution in [2.24, 2.45) is 0 Å². The van der Waals surface area contributed by atoms with Gasteiger partial charge in [-0.2, -0.15) is 0 Å². The van der Waals surface area contributed by atoms with Crippen LogP contribution in [-0.2, 0) is 6.42 Å². The summed E-state index contributed by atoms with van der Waals surface area (Å²) in [5, 5.41) is 4.77. The number of hydrogen-bond acceptors (Lipinski definition) is 4. The molecule has 0 saturated carbocycles. The van der Waals surface area contributed by atoms with Crippen LogP contribution in [0.1, 0.15) is 40.5 Å². The Morgan fingerprint density at radius 1 is 1.35 bits per heavy atom. The van der Waals surface area contributed by atoms with E-state index in [1.165, 1.54) is 10.4 Å². The van der Waals surface area contributed by atoms with Gasteiger partial charge in [-0.1, -0.05) is 6.92 Å². The fourth-order valence-corrected chi connectivity index (χ4v) is 3.67. The molecule has 5 heteroatoms. The van der Waals surface area contributed by atoms with Crippen LogP contribution >= 0.6 is 27.3 Å². The molecule has 1 unspecified atom stereocenters. The van der Waals surface area contributed by atoms with E-state index in [-0.39, 0.29) is 0 Å². The van der Waals surface area contributed by atoms with Crippen molar-refractivity contribution in [2.45, 2.75) is 39.7 Å². The van der Waals surface area contributed by atoms with Gasteiger partial charge in [0, 0.05) is 27.8 Å². The molecule has 3 nitrogen and oxygen atoms in total. The third-order valence-electron chi connectivity index (χ3n) is 3.10. The predicted octanol–water partition coefficient (Wildman–Crippen LogP) is 4.20.